The molecule has 0 amide bonds. The van der Waals surface area contributed by atoms with Gasteiger partial charge < -0.3 is 4.52 Å². The Morgan fingerprint density at radius 1 is 1.50 bits per heavy atom. The molecule has 1 aromatic rings. The van der Waals surface area contributed by atoms with Crippen molar-refractivity contribution in [2.45, 2.75) is 19.3 Å². The van der Waals surface area contributed by atoms with Gasteiger partial charge in [-0.2, -0.15) is 0 Å². The van der Waals surface area contributed by atoms with Crippen LogP contribution in [0.25, 0.3) is 0 Å². The molecule has 0 aliphatic heterocycles. The second-order valence-corrected chi connectivity index (χ2v) is 2.49. The number of carbonyl (C=O) groups is 1. The fourth-order valence-corrected chi connectivity index (χ4v) is 1.19. The van der Waals surface area contributed by atoms with Crippen molar-refractivity contribution >= 4 is 5.78 Å². The lowest BCUT2D eigenvalue weighted by atomic mass is 9.98. The van der Waals surface area contributed by atoms with Crippen LogP contribution in [0.5, 0.6) is 0 Å². The van der Waals surface area contributed by atoms with E-state index in [0.29, 0.717) is 12.8 Å². The lowest BCUT2D eigenvalue weighted by Gasteiger charge is -2.05. The van der Waals surface area contributed by atoms with E-state index in [1.54, 1.807) is 6.20 Å². The molecule has 0 radical (unpaired) electrons. The molecule has 3 heteroatoms. The van der Waals surface area contributed by atoms with Gasteiger partial charge in [-0.3, -0.25) is 4.79 Å². The number of hydrogen-bond donors (Lipinski definition) is 0. The first-order valence-electron chi connectivity index (χ1n) is 3.30. The molecule has 1 aliphatic carbocycles. The first-order valence-corrected chi connectivity index (χ1v) is 3.30. The molecule has 0 spiro atoms. The van der Waals surface area contributed by atoms with Gasteiger partial charge in [0.1, 0.15) is 11.5 Å². The molecule has 0 N–H and O–H groups in total. The van der Waals surface area contributed by atoms with Gasteiger partial charge in [-0.05, 0) is 0 Å². The van der Waals surface area contributed by atoms with Crippen molar-refractivity contribution in [2.24, 2.45) is 0 Å². The van der Waals surface area contributed by atoms with E-state index in [1.807, 2.05) is 0 Å². The number of hydrogen-bond acceptors (Lipinski definition) is 3. The van der Waals surface area contributed by atoms with Crippen LogP contribution in [0.4, 0.5) is 0 Å². The maximum atomic E-state index is 10.9. The lowest BCUT2D eigenvalue weighted by molar-refractivity contribution is -0.118. The normalized spacial score (nSPS) is 17.0. The quantitative estimate of drug-likeness (QED) is 0.529. The van der Waals surface area contributed by atoms with Gasteiger partial charge in [0.05, 0.1) is 6.20 Å². The third-order valence-corrected chi connectivity index (χ3v) is 1.75. The SMILES string of the molecule is O=C1CCc2oncc2C1. The van der Waals surface area contributed by atoms with E-state index in [1.165, 1.54) is 0 Å². The minimum Gasteiger partial charge on any atom is -0.361 e. The van der Waals surface area contributed by atoms with E-state index < -0.39 is 0 Å². The Balaban J connectivity index is 2.39. The van der Waals surface area contributed by atoms with Gasteiger partial charge in [-0.25, -0.2) is 0 Å². The highest BCUT2D eigenvalue weighted by molar-refractivity contribution is 5.82. The number of fused-ring (bicyclic) bond motifs is 1. The van der Waals surface area contributed by atoms with E-state index in [2.05, 4.69) is 5.16 Å². The summed E-state index contributed by atoms with van der Waals surface area (Å²) >= 11 is 0. The van der Waals surface area contributed by atoms with E-state index in [4.69, 9.17) is 4.52 Å². The number of rotatable bonds is 0. The van der Waals surface area contributed by atoms with Crippen LogP contribution in [0, 0.1) is 0 Å². The van der Waals surface area contributed by atoms with Gasteiger partial charge in [-0.1, -0.05) is 5.16 Å². The van der Waals surface area contributed by atoms with Gasteiger partial charge in [0, 0.05) is 24.8 Å². The zero-order valence-corrected chi connectivity index (χ0v) is 5.46. The van der Waals surface area contributed by atoms with Crippen molar-refractivity contribution in [3.63, 3.8) is 0 Å². The van der Waals surface area contributed by atoms with Crippen molar-refractivity contribution in [1.82, 2.24) is 5.16 Å². The van der Waals surface area contributed by atoms with Gasteiger partial charge in [0.25, 0.3) is 0 Å². The Morgan fingerprint density at radius 2 is 2.40 bits per heavy atom. The molecule has 0 fully saturated rings. The molecule has 0 unspecified atom stereocenters. The molecular weight excluding hydrogens is 130 g/mol. The number of aromatic nitrogens is 1. The molecule has 2 rings (SSSR count). The largest absolute Gasteiger partial charge is 0.361 e. The van der Waals surface area contributed by atoms with Crippen molar-refractivity contribution in [3.05, 3.63) is 17.5 Å². The molecule has 0 bridgehead atoms. The Morgan fingerprint density at radius 3 is 3.30 bits per heavy atom. The van der Waals surface area contributed by atoms with Gasteiger partial charge in [0.15, 0.2) is 0 Å². The monoisotopic (exact) mass is 137 g/mol. The number of carbonyl (C=O) groups excluding carboxylic acids is 1. The fraction of sp³-hybridized carbons (Fsp3) is 0.429. The van der Waals surface area contributed by atoms with E-state index in [-0.39, 0.29) is 5.78 Å². The molecular formula is C7H7NO2. The molecule has 1 aliphatic rings. The Labute approximate surface area is 58.0 Å². The molecule has 0 saturated heterocycles. The van der Waals surface area contributed by atoms with Crippen molar-refractivity contribution in [1.29, 1.82) is 0 Å². The summed E-state index contributed by atoms with van der Waals surface area (Å²) in [6, 6.07) is 0. The summed E-state index contributed by atoms with van der Waals surface area (Å²) in [5.74, 6) is 1.18. The van der Waals surface area contributed by atoms with Crippen molar-refractivity contribution < 1.29 is 9.32 Å². The fourth-order valence-electron chi connectivity index (χ4n) is 1.19. The van der Waals surface area contributed by atoms with Gasteiger partial charge >= 0.3 is 0 Å². The third-order valence-electron chi connectivity index (χ3n) is 1.75. The molecule has 0 aromatic carbocycles. The van der Waals surface area contributed by atoms with Crippen molar-refractivity contribution in [2.75, 3.05) is 0 Å². The van der Waals surface area contributed by atoms with E-state index >= 15 is 0 Å². The molecule has 0 saturated carbocycles. The predicted octanol–water partition coefficient (Wildman–Crippen LogP) is 0.732. The summed E-state index contributed by atoms with van der Waals surface area (Å²) in [5.41, 5.74) is 0.969. The summed E-state index contributed by atoms with van der Waals surface area (Å²) in [4.78, 5) is 10.9. The van der Waals surface area contributed by atoms with Crippen LogP contribution >= 0.6 is 0 Å². The minimum atomic E-state index is 0.288. The summed E-state index contributed by atoms with van der Waals surface area (Å²) in [5, 5.41) is 3.61. The molecule has 10 heavy (non-hydrogen) atoms. The summed E-state index contributed by atoms with van der Waals surface area (Å²) < 4.78 is 4.90. The first kappa shape index (κ1) is 5.65. The molecule has 3 nitrogen and oxygen atoms in total. The average Bonchev–Trinajstić information content (AvgIpc) is 2.33. The lowest BCUT2D eigenvalue weighted by Crippen LogP contribution is -2.10. The maximum absolute atomic E-state index is 10.9. The zero-order chi connectivity index (χ0) is 6.97. The molecule has 52 valence electrons. The Hall–Kier alpha value is -1.12. The zero-order valence-electron chi connectivity index (χ0n) is 5.46. The maximum Gasteiger partial charge on any atom is 0.140 e. The molecule has 0 atom stereocenters. The summed E-state index contributed by atoms with van der Waals surface area (Å²) in [6.07, 6.45) is 3.49. The van der Waals surface area contributed by atoms with E-state index in [0.717, 1.165) is 17.7 Å². The standard InChI is InChI=1S/C7H7NO2/c9-6-1-2-7-5(3-6)4-8-10-7/h4H,1-3H2. The van der Waals surface area contributed by atoms with Gasteiger partial charge in [-0.15, -0.1) is 0 Å². The number of ketones is 1. The van der Waals surface area contributed by atoms with Crippen LogP contribution in [0.1, 0.15) is 17.7 Å². The topological polar surface area (TPSA) is 43.1 Å². The highest BCUT2D eigenvalue weighted by Crippen LogP contribution is 2.17. The Kier molecular flexibility index (Phi) is 1.09. The highest BCUT2D eigenvalue weighted by atomic mass is 16.5. The second-order valence-electron chi connectivity index (χ2n) is 2.49. The average molecular weight is 137 g/mol. The molecule has 1 heterocycles. The van der Waals surface area contributed by atoms with E-state index in [9.17, 15) is 4.79 Å². The summed E-state index contributed by atoms with van der Waals surface area (Å²) in [7, 11) is 0. The second kappa shape index (κ2) is 1.94. The number of nitrogens with zero attached hydrogens (tertiary/aromatic N) is 1. The molecule has 1 aromatic heterocycles. The predicted molar refractivity (Wildman–Crippen MR) is 33.5 cm³/mol. The minimum absolute atomic E-state index is 0.288. The van der Waals surface area contributed by atoms with Crippen molar-refractivity contribution in [3.8, 4) is 0 Å². The summed E-state index contributed by atoms with van der Waals surface area (Å²) in [6.45, 7) is 0. The number of Topliss-reactive ketones (excluding diaryl/α,β-unsaturated/α-hetero) is 1. The van der Waals surface area contributed by atoms with Crippen LogP contribution < -0.4 is 0 Å². The Bertz CT molecular complexity index is 264. The van der Waals surface area contributed by atoms with Crippen LogP contribution in [-0.4, -0.2) is 10.9 Å². The highest BCUT2D eigenvalue weighted by Gasteiger charge is 2.18. The first-order chi connectivity index (χ1) is 4.86. The smallest absolute Gasteiger partial charge is 0.140 e. The van der Waals surface area contributed by atoms with Crippen LogP contribution in [-0.2, 0) is 17.6 Å². The third kappa shape index (κ3) is 0.744. The van der Waals surface area contributed by atoms with Gasteiger partial charge in [0.2, 0.25) is 0 Å². The van der Waals surface area contributed by atoms with Crippen LogP contribution in [0.3, 0.4) is 0 Å². The van der Waals surface area contributed by atoms with Crippen LogP contribution in [0.15, 0.2) is 10.7 Å². The van der Waals surface area contributed by atoms with Crippen LogP contribution in [0.2, 0.25) is 0 Å². The number of aryl methyl sites for hydroxylation is 1.